The Morgan fingerprint density at radius 3 is 2.44 bits per heavy atom. The van der Waals surface area contributed by atoms with Gasteiger partial charge in [-0.3, -0.25) is 4.90 Å². The van der Waals surface area contributed by atoms with Crippen molar-refractivity contribution in [2.24, 2.45) is 5.92 Å². The van der Waals surface area contributed by atoms with E-state index in [9.17, 15) is 9.50 Å². The molecule has 1 saturated heterocycles. The first-order valence-electron chi connectivity index (χ1n) is 6.85. The van der Waals surface area contributed by atoms with Gasteiger partial charge < -0.3 is 5.11 Å². The van der Waals surface area contributed by atoms with E-state index in [1.807, 2.05) is 0 Å². The van der Waals surface area contributed by atoms with E-state index >= 15 is 0 Å². The van der Waals surface area contributed by atoms with Gasteiger partial charge in [0.15, 0.2) is 0 Å². The van der Waals surface area contributed by atoms with E-state index < -0.39 is 6.23 Å². The largest absolute Gasteiger partial charge is 0.378 e. The molecule has 2 nitrogen and oxygen atoms in total. The molecular weight excluding hydrogens is 229 g/mol. The van der Waals surface area contributed by atoms with Crippen LogP contribution in [-0.2, 0) is 6.42 Å². The van der Waals surface area contributed by atoms with Gasteiger partial charge in [0.1, 0.15) is 12.0 Å². The zero-order chi connectivity index (χ0) is 13.0. The molecule has 0 saturated carbocycles. The predicted molar refractivity (Wildman–Crippen MR) is 70.7 cm³/mol. The predicted octanol–water partition coefficient (Wildman–Crippen LogP) is 2.81. The molecule has 0 aliphatic carbocycles. The molecular formula is C15H22FNO. The second kappa shape index (κ2) is 6.30. The summed E-state index contributed by atoms with van der Waals surface area (Å²) < 4.78 is 12.8. The number of hydrogen-bond donors (Lipinski definition) is 1. The first-order valence-corrected chi connectivity index (χ1v) is 6.85. The van der Waals surface area contributed by atoms with Gasteiger partial charge in [-0.2, -0.15) is 0 Å². The van der Waals surface area contributed by atoms with Gasteiger partial charge in [0, 0.05) is 19.5 Å². The van der Waals surface area contributed by atoms with Gasteiger partial charge >= 0.3 is 0 Å². The van der Waals surface area contributed by atoms with Crippen LogP contribution in [0.1, 0.15) is 31.7 Å². The van der Waals surface area contributed by atoms with Crippen LogP contribution in [0.15, 0.2) is 24.3 Å². The van der Waals surface area contributed by atoms with Crippen molar-refractivity contribution in [2.75, 3.05) is 13.1 Å². The zero-order valence-corrected chi connectivity index (χ0v) is 11.0. The van der Waals surface area contributed by atoms with Crippen LogP contribution >= 0.6 is 0 Å². The van der Waals surface area contributed by atoms with Gasteiger partial charge in [-0.25, -0.2) is 4.39 Å². The van der Waals surface area contributed by atoms with Crippen molar-refractivity contribution >= 4 is 0 Å². The molecule has 1 aliphatic heterocycles. The van der Waals surface area contributed by atoms with E-state index in [-0.39, 0.29) is 5.82 Å². The number of piperidine rings is 1. The maximum Gasteiger partial charge on any atom is 0.123 e. The van der Waals surface area contributed by atoms with Gasteiger partial charge in [0.2, 0.25) is 0 Å². The average molecular weight is 251 g/mol. The maximum absolute atomic E-state index is 12.8. The first-order chi connectivity index (χ1) is 8.69. The van der Waals surface area contributed by atoms with E-state index in [0.29, 0.717) is 6.42 Å². The summed E-state index contributed by atoms with van der Waals surface area (Å²) in [7, 11) is 0. The number of aliphatic hydroxyl groups is 1. The lowest BCUT2D eigenvalue weighted by atomic mass is 9.94. The van der Waals surface area contributed by atoms with Crippen molar-refractivity contribution in [1.29, 1.82) is 0 Å². The van der Waals surface area contributed by atoms with Crippen LogP contribution < -0.4 is 0 Å². The molecule has 1 unspecified atom stereocenters. The fraction of sp³-hybridized carbons (Fsp3) is 0.600. The van der Waals surface area contributed by atoms with Crippen molar-refractivity contribution < 1.29 is 9.50 Å². The summed E-state index contributed by atoms with van der Waals surface area (Å²) >= 11 is 0. The molecule has 1 aliphatic rings. The molecule has 0 bridgehead atoms. The second-order valence-electron chi connectivity index (χ2n) is 5.20. The molecule has 18 heavy (non-hydrogen) atoms. The number of benzene rings is 1. The fourth-order valence-electron chi connectivity index (χ4n) is 2.62. The number of hydrogen-bond acceptors (Lipinski definition) is 2. The maximum atomic E-state index is 12.8. The van der Waals surface area contributed by atoms with Gasteiger partial charge in [-0.05, 0) is 36.5 Å². The van der Waals surface area contributed by atoms with Gasteiger partial charge in [-0.1, -0.05) is 25.5 Å². The highest BCUT2D eigenvalue weighted by atomic mass is 19.1. The molecule has 0 spiro atoms. The lowest BCUT2D eigenvalue weighted by molar-refractivity contribution is -0.0163. The number of halogens is 1. The van der Waals surface area contributed by atoms with Crippen molar-refractivity contribution in [1.82, 2.24) is 4.90 Å². The molecule has 0 amide bonds. The van der Waals surface area contributed by atoms with E-state index in [1.165, 1.54) is 31.4 Å². The number of aliphatic hydroxyl groups excluding tert-OH is 1. The Bertz CT molecular complexity index is 357. The summed E-state index contributed by atoms with van der Waals surface area (Å²) in [6, 6.07) is 6.39. The Morgan fingerprint density at radius 1 is 1.28 bits per heavy atom. The van der Waals surface area contributed by atoms with Gasteiger partial charge in [0.05, 0.1) is 0 Å². The Kier molecular flexibility index (Phi) is 4.72. The average Bonchev–Trinajstić information content (AvgIpc) is 2.41. The van der Waals surface area contributed by atoms with Crippen LogP contribution in [0.25, 0.3) is 0 Å². The van der Waals surface area contributed by atoms with E-state index in [0.717, 1.165) is 24.6 Å². The van der Waals surface area contributed by atoms with E-state index in [2.05, 4.69) is 11.8 Å². The molecule has 100 valence electrons. The van der Waals surface area contributed by atoms with Gasteiger partial charge in [-0.15, -0.1) is 0 Å². The normalized spacial score (nSPS) is 19.9. The van der Waals surface area contributed by atoms with Crippen molar-refractivity contribution in [3.05, 3.63) is 35.6 Å². The second-order valence-corrected chi connectivity index (χ2v) is 5.20. The summed E-state index contributed by atoms with van der Waals surface area (Å²) in [5.41, 5.74) is 0.988. The van der Waals surface area contributed by atoms with E-state index in [4.69, 9.17) is 0 Å². The monoisotopic (exact) mass is 251 g/mol. The molecule has 0 radical (unpaired) electrons. The minimum atomic E-state index is -0.437. The number of rotatable bonds is 4. The number of nitrogens with zero attached hydrogens (tertiary/aromatic N) is 1. The van der Waals surface area contributed by atoms with Crippen LogP contribution in [0.3, 0.4) is 0 Å². The van der Waals surface area contributed by atoms with Crippen LogP contribution in [0, 0.1) is 11.7 Å². The molecule has 3 heteroatoms. The first kappa shape index (κ1) is 13.5. The number of likely N-dealkylation sites (tertiary alicyclic amines) is 1. The fourth-order valence-corrected chi connectivity index (χ4v) is 2.62. The third kappa shape index (κ3) is 3.53. The lowest BCUT2D eigenvalue weighted by Crippen LogP contribution is -2.42. The Hall–Kier alpha value is -0.930. The Balaban J connectivity index is 1.85. The van der Waals surface area contributed by atoms with Crippen molar-refractivity contribution in [2.45, 2.75) is 38.8 Å². The highest BCUT2D eigenvalue weighted by molar-refractivity contribution is 5.16. The Morgan fingerprint density at radius 2 is 1.89 bits per heavy atom. The molecule has 1 fully saturated rings. The minimum Gasteiger partial charge on any atom is -0.378 e. The smallest absolute Gasteiger partial charge is 0.123 e. The van der Waals surface area contributed by atoms with Crippen molar-refractivity contribution in [3.63, 3.8) is 0 Å². The molecule has 1 atom stereocenters. The standard InChI is InChI=1S/C15H22FNO/c1-2-12-7-9-17(10-8-12)15(18)11-13-3-5-14(16)6-4-13/h3-6,12,15,18H,2,7-11H2,1H3. The van der Waals surface area contributed by atoms with Crippen LogP contribution in [0.5, 0.6) is 0 Å². The van der Waals surface area contributed by atoms with Crippen LogP contribution in [-0.4, -0.2) is 29.3 Å². The topological polar surface area (TPSA) is 23.5 Å². The third-order valence-corrected chi connectivity index (χ3v) is 3.98. The molecule has 0 aromatic heterocycles. The Labute approximate surface area is 108 Å². The van der Waals surface area contributed by atoms with Crippen LogP contribution in [0.2, 0.25) is 0 Å². The summed E-state index contributed by atoms with van der Waals surface area (Å²) in [5, 5.41) is 10.2. The summed E-state index contributed by atoms with van der Waals surface area (Å²) in [6.07, 6.45) is 3.74. The van der Waals surface area contributed by atoms with Gasteiger partial charge in [0.25, 0.3) is 0 Å². The highest BCUT2D eigenvalue weighted by Gasteiger charge is 2.22. The van der Waals surface area contributed by atoms with E-state index in [1.54, 1.807) is 12.1 Å². The van der Waals surface area contributed by atoms with Crippen LogP contribution in [0.4, 0.5) is 4.39 Å². The highest BCUT2D eigenvalue weighted by Crippen LogP contribution is 2.21. The summed E-state index contributed by atoms with van der Waals surface area (Å²) in [5.74, 6) is 0.594. The molecule has 1 aromatic rings. The zero-order valence-electron chi connectivity index (χ0n) is 11.0. The third-order valence-electron chi connectivity index (χ3n) is 3.98. The van der Waals surface area contributed by atoms with Crippen molar-refractivity contribution in [3.8, 4) is 0 Å². The molecule has 1 N–H and O–H groups in total. The lowest BCUT2D eigenvalue weighted by Gasteiger charge is -2.34. The quantitative estimate of drug-likeness (QED) is 0.889. The summed E-state index contributed by atoms with van der Waals surface area (Å²) in [6.45, 7) is 4.18. The molecule has 2 rings (SSSR count). The minimum absolute atomic E-state index is 0.225. The summed E-state index contributed by atoms with van der Waals surface area (Å²) in [4.78, 5) is 2.13. The molecule has 1 aromatic carbocycles. The molecule has 1 heterocycles. The SMILES string of the molecule is CCC1CCN(C(O)Cc2ccc(F)cc2)CC1.